The minimum atomic E-state index is -0.791. The Bertz CT molecular complexity index is 1440. The van der Waals surface area contributed by atoms with Gasteiger partial charge in [-0.05, 0) is 24.8 Å². The maximum absolute atomic E-state index is 13.9. The van der Waals surface area contributed by atoms with Crippen LogP contribution in [-0.2, 0) is 14.3 Å². The van der Waals surface area contributed by atoms with Gasteiger partial charge >= 0.3 is 5.97 Å². The third kappa shape index (κ3) is 5.46. The number of nitrogens with two attached hydrogens (primary N) is 1. The van der Waals surface area contributed by atoms with Gasteiger partial charge in [-0.25, -0.2) is 0 Å². The van der Waals surface area contributed by atoms with Crippen LogP contribution in [0.5, 0.6) is 17.2 Å². The number of hydrogen-bond donors (Lipinski definition) is 1. The Hall–Kier alpha value is -3.76. The number of aromatic nitrogens is 2. The Morgan fingerprint density at radius 3 is 2.48 bits per heavy atom. The summed E-state index contributed by atoms with van der Waals surface area (Å²) in [6.07, 6.45) is 0.797. The number of ketones is 1. The van der Waals surface area contributed by atoms with Crippen LogP contribution in [0.15, 0.2) is 39.1 Å². The molecule has 0 saturated heterocycles. The van der Waals surface area contributed by atoms with E-state index in [1.807, 2.05) is 13.8 Å². The summed E-state index contributed by atoms with van der Waals surface area (Å²) in [5, 5.41) is 19.3. The van der Waals surface area contributed by atoms with Gasteiger partial charge < -0.3 is 24.7 Å². The van der Waals surface area contributed by atoms with Gasteiger partial charge in [-0.15, -0.1) is 10.2 Å². The second-order valence-corrected chi connectivity index (χ2v) is 12.1. The lowest BCUT2D eigenvalue weighted by atomic mass is 9.68. The molecule has 0 spiro atoms. The Balaban J connectivity index is 1.89. The predicted octanol–water partition coefficient (Wildman–Crippen LogP) is 4.16. The van der Waals surface area contributed by atoms with Gasteiger partial charge in [0.25, 0.3) is 0 Å². The van der Waals surface area contributed by atoms with Crippen molar-refractivity contribution in [3.8, 4) is 23.3 Å². The molecule has 0 fully saturated rings. The fourth-order valence-electron chi connectivity index (χ4n) is 4.99. The first-order valence-corrected chi connectivity index (χ1v) is 14.3. The van der Waals surface area contributed by atoms with Gasteiger partial charge in [0.15, 0.2) is 21.6 Å². The quantitative estimate of drug-likeness (QED) is 0.332. The molecular weight excluding hydrogens is 554 g/mol. The van der Waals surface area contributed by atoms with Gasteiger partial charge in [0, 0.05) is 29.3 Å². The van der Waals surface area contributed by atoms with Crippen molar-refractivity contribution in [1.29, 1.82) is 5.26 Å². The summed E-state index contributed by atoms with van der Waals surface area (Å²) in [7, 11) is 4.54. The lowest BCUT2D eigenvalue weighted by molar-refractivity contribution is -0.139. The van der Waals surface area contributed by atoms with E-state index in [0.717, 1.165) is 0 Å². The minimum Gasteiger partial charge on any atom is -0.496 e. The van der Waals surface area contributed by atoms with E-state index in [-0.39, 0.29) is 34.3 Å². The highest BCUT2D eigenvalue weighted by Crippen LogP contribution is 2.53. The Morgan fingerprint density at radius 1 is 1.18 bits per heavy atom. The molecule has 2 aromatic rings. The van der Waals surface area contributed by atoms with Crippen molar-refractivity contribution in [2.24, 2.45) is 11.1 Å². The first kappa shape index (κ1) is 29.2. The zero-order valence-electron chi connectivity index (χ0n) is 23.2. The highest BCUT2D eigenvalue weighted by atomic mass is 32.2. The number of allylic oxidation sites excluding steroid dienone is 3. The number of esters is 1. The van der Waals surface area contributed by atoms with Crippen molar-refractivity contribution in [2.75, 3.05) is 38.6 Å². The number of rotatable bonds is 9. The third-order valence-corrected chi connectivity index (χ3v) is 8.65. The van der Waals surface area contributed by atoms with E-state index in [4.69, 9.17) is 24.7 Å². The third-order valence-electron chi connectivity index (χ3n) is 6.63. The van der Waals surface area contributed by atoms with Crippen LogP contribution < -0.4 is 24.8 Å². The smallest absolute Gasteiger partial charge is 0.316 e. The van der Waals surface area contributed by atoms with Gasteiger partial charge in [-0.1, -0.05) is 36.9 Å². The minimum absolute atomic E-state index is 0.0812. The van der Waals surface area contributed by atoms with Crippen LogP contribution in [0.4, 0.5) is 5.13 Å². The number of thioether (sulfide) groups is 1. The van der Waals surface area contributed by atoms with Crippen molar-refractivity contribution in [3.05, 3.63) is 40.4 Å². The summed E-state index contributed by atoms with van der Waals surface area (Å²) in [6, 6.07) is 5.63. The zero-order valence-corrected chi connectivity index (χ0v) is 24.8. The maximum Gasteiger partial charge on any atom is 0.316 e. The van der Waals surface area contributed by atoms with Gasteiger partial charge in [0.1, 0.15) is 11.6 Å². The lowest BCUT2D eigenvalue weighted by Crippen LogP contribution is -2.42. The lowest BCUT2D eigenvalue weighted by Gasteiger charge is -2.42. The fraction of sp³-hybridized carbons (Fsp3) is 0.444. The number of carbonyl (C=O) groups excluding carboxylic acids is 2. The number of benzene rings is 1. The topological polar surface area (TPSA) is 150 Å². The molecule has 13 heteroatoms. The Kier molecular flexibility index (Phi) is 8.60. The SMILES string of the molecule is CCOC(=O)CSc1nnc(N2C(N)=C(C#N)C(c3cc(OC)c(OC)cc3OC)C3=C2CC(C)(C)CC3=O)s1. The molecule has 1 aromatic carbocycles. The zero-order chi connectivity index (χ0) is 29.2. The van der Waals surface area contributed by atoms with Crippen LogP contribution in [0.2, 0.25) is 0 Å². The average molecular weight is 586 g/mol. The number of Topliss-reactive ketones (excluding diaryl/α,β-unsaturated/α-hetero) is 1. The van der Waals surface area contributed by atoms with Crippen LogP contribution in [0.25, 0.3) is 0 Å². The van der Waals surface area contributed by atoms with E-state index in [1.54, 1.807) is 24.0 Å². The molecule has 0 radical (unpaired) electrons. The summed E-state index contributed by atoms with van der Waals surface area (Å²) in [5.41, 5.74) is 8.19. The number of ether oxygens (including phenoxy) is 4. The molecule has 1 aromatic heterocycles. The Labute approximate surface area is 240 Å². The van der Waals surface area contributed by atoms with Crippen molar-refractivity contribution in [3.63, 3.8) is 0 Å². The Morgan fingerprint density at radius 2 is 1.85 bits per heavy atom. The molecule has 40 heavy (non-hydrogen) atoms. The van der Waals surface area contributed by atoms with Crippen LogP contribution in [0, 0.1) is 16.7 Å². The largest absolute Gasteiger partial charge is 0.496 e. The molecule has 1 unspecified atom stereocenters. The van der Waals surface area contributed by atoms with Crippen molar-refractivity contribution >= 4 is 40.0 Å². The van der Waals surface area contributed by atoms with Crippen molar-refractivity contribution in [1.82, 2.24) is 10.2 Å². The molecule has 0 bridgehead atoms. The van der Waals surface area contributed by atoms with Gasteiger partial charge in [-0.3, -0.25) is 14.5 Å². The van der Waals surface area contributed by atoms with Gasteiger partial charge in [-0.2, -0.15) is 5.26 Å². The molecule has 212 valence electrons. The van der Waals surface area contributed by atoms with E-state index in [1.165, 1.54) is 44.4 Å². The molecule has 1 aliphatic carbocycles. The molecule has 1 aliphatic heterocycles. The number of carbonyl (C=O) groups is 2. The van der Waals surface area contributed by atoms with E-state index in [9.17, 15) is 14.9 Å². The molecule has 2 N–H and O–H groups in total. The normalized spacial score (nSPS) is 18.3. The van der Waals surface area contributed by atoms with Gasteiger partial charge in [0.05, 0.1) is 51.2 Å². The molecule has 2 heterocycles. The number of nitrogens with zero attached hydrogens (tertiary/aromatic N) is 4. The first-order valence-electron chi connectivity index (χ1n) is 12.5. The number of hydrogen-bond acceptors (Lipinski definition) is 13. The van der Waals surface area contributed by atoms with Crippen molar-refractivity contribution in [2.45, 2.75) is 43.9 Å². The molecule has 0 amide bonds. The second-order valence-electron chi connectivity index (χ2n) is 9.87. The molecule has 4 rings (SSSR count). The van der Waals surface area contributed by atoms with Crippen molar-refractivity contribution < 1.29 is 28.5 Å². The average Bonchev–Trinajstić information content (AvgIpc) is 3.38. The summed E-state index contributed by atoms with van der Waals surface area (Å²) in [6.45, 7) is 6.06. The van der Waals surface area contributed by atoms with E-state index >= 15 is 0 Å². The van der Waals surface area contributed by atoms with Crippen LogP contribution >= 0.6 is 23.1 Å². The molecule has 2 aliphatic rings. The highest BCUT2D eigenvalue weighted by molar-refractivity contribution is 8.01. The van der Waals surface area contributed by atoms with Crippen LogP contribution in [0.3, 0.4) is 0 Å². The highest BCUT2D eigenvalue weighted by Gasteiger charge is 2.46. The van der Waals surface area contributed by atoms with Crippen LogP contribution in [0.1, 0.15) is 45.1 Å². The predicted molar refractivity (Wildman–Crippen MR) is 150 cm³/mol. The molecular formula is C27H31N5O6S2. The molecule has 0 saturated carbocycles. The summed E-state index contributed by atoms with van der Waals surface area (Å²) in [4.78, 5) is 27.3. The fourth-order valence-corrected chi connectivity index (χ4v) is 6.67. The standard InChI is InChI=1S/C27H31N5O6S2/c1-7-38-21(34)13-39-26-31-30-25(40-26)32-16-10-27(2,3)11-17(33)23(16)22(15(12-28)24(32)29)14-8-19(36-5)20(37-6)9-18(14)35-4/h8-9,22H,7,10-11,13,29H2,1-6H3. The number of methoxy groups -OCH3 is 3. The second kappa shape index (κ2) is 11.8. The maximum atomic E-state index is 13.9. The number of anilines is 1. The van der Waals surface area contributed by atoms with E-state index in [0.29, 0.717) is 63.0 Å². The number of nitriles is 1. The van der Waals surface area contributed by atoms with E-state index in [2.05, 4.69) is 16.3 Å². The molecule has 11 nitrogen and oxygen atoms in total. The summed E-state index contributed by atoms with van der Waals surface area (Å²) in [5.74, 6) is 0.279. The summed E-state index contributed by atoms with van der Waals surface area (Å²) >= 11 is 2.41. The molecule has 1 atom stereocenters. The monoisotopic (exact) mass is 585 g/mol. The first-order chi connectivity index (χ1) is 19.1. The summed E-state index contributed by atoms with van der Waals surface area (Å²) < 4.78 is 22.2. The van der Waals surface area contributed by atoms with Gasteiger partial charge in [0.2, 0.25) is 5.13 Å². The van der Waals surface area contributed by atoms with Crippen LogP contribution in [-0.4, -0.2) is 55.6 Å². The van der Waals surface area contributed by atoms with E-state index < -0.39 is 5.92 Å².